The van der Waals surface area contributed by atoms with Crippen LogP contribution in [0.3, 0.4) is 0 Å². The molecule has 2 heterocycles. The Morgan fingerprint density at radius 3 is 2.81 bits per heavy atom. The van der Waals surface area contributed by atoms with Gasteiger partial charge in [-0.1, -0.05) is 5.92 Å². The second-order valence-electron chi connectivity index (χ2n) is 6.95. The molecule has 2 rings (SSSR count). The van der Waals surface area contributed by atoms with Crippen molar-refractivity contribution in [3.8, 4) is 12.3 Å². The van der Waals surface area contributed by atoms with E-state index in [1.807, 2.05) is 19.0 Å². The maximum Gasteiger partial charge on any atom is 0.423 e. The van der Waals surface area contributed by atoms with Crippen LogP contribution in [0.4, 0.5) is 13.2 Å². The highest BCUT2D eigenvalue weighted by atomic mass is 32.1. The zero-order valence-corrected chi connectivity index (χ0v) is 17.7. The number of thiocarbonyl (C=S) groups is 1. The summed E-state index contributed by atoms with van der Waals surface area (Å²) in [5.74, 6) is 2.29. The molecule has 3 atom stereocenters. The Hall–Kier alpha value is -2.40. The third-order valence-corrected chi connectivity index (χ3v) is 4.61. The Morgan fingerprint density at radius 2 is 2.19 bits per heavy atom. The molecule has 31 heavy (non-hydrogen) atoms. The maximum absolute atomic E-state index is 13.1. The Balaban J connectivity index is 2.12. The van der Waals surface area contributed by atoms with E-state index < -0.39 is 41.4 Å². The molecule has 0 unspecified atom stereocenters. The lowest BCUT2D eigenvalue weighted by Gasteiger charge is -2.19. The first-order valence-corrected chi connectivity index (χ1v) is 9.62. The summed E-state index contributed by atoms with van der Waals surface area (Å²) in [7, 11) is 3.79. The summed E-state index contributed by atoms with van der Waals surface area (Å²) in [4.78, 5) is 27.2. The molecule has 1 aromatic heterocycles. The first-order valence-electron chi connectivity index (χ1n) is 9.21. The number of rotatable bonds is 8. The van der Waals surface area contributed by atoms with E-state index in [0.717, 1.165) is 6.54 Å². The average Bonchev–Trinajstić information content (AvgIpc) is 3.06. The zero-order chi connectivity index (χ0) is 23.2. The first-order chi connectivity index (χ1) is 14.5. The molecule has 1 aliphatic heterocycles. The molecule has 13 heteroatoms. The predicted molar refractivity (Wildman–Crippen MR) is 109 cm³/mol. The van der Waals surface area contributed by atoms with Crippen molar-refractivity contribution in [1.82, 2.24) is 19.8 Å². The molecule has 1 saturated heterocycles. The van der Waals surface area contributed by atoms with Crippen molar-refractivity contribution in [2.75, 3.05) is 40.4 Å². The van der Waals surface area contributed by atoms with Gasteiger partial charge in [0.2, 0.25) is 0 Å². The Morgan fingerprint density at radius 1 is 1.48 bits per heavy atom. The molecule has 0 aromatic carbocycles. The van der Waals surface area contributed by atoms with Crippen LogP contribution in [0.15, 0.2) is 15.8 Å². The number of aromatic amines is 1. The molecule has 0 aliphatic carbocycles. The quantitative estimate of drug-likeness (QED) is 0.419. The predicted octanol–water partition coefficient (Wildman–Crippen LogP) is 0.314. The number of halogens is 3. The van der Waals surface area contributed by atoms with Gasteiger partial charge in [-0.15, -0.1) is 6.42 Å². The summed E-state index contributed by atoms with van der Waals surface area (Å²) in [5.41, 5.74) is -4.08. The normalized spacial score (nSPS) is 21.1. The third kappa shape index (κ3) is 7.06. The fourth-order valence-electron chi connectivity index (χ4n) is 2.84. The highest BCUT2D eigenvalue weighted by molar-refractivity contribution is 7.80. The second kappa shape index (κ2) is 10.8. The molecule has 0 bridgehead atoms. The number of hydrogen-bond acceptors (Lipinski definition) is 7. The SMILES string of the molecule is C#CCO[C@H]1C[C@H](n2cc(C(F)(F)F)c(=O)[nH]c2=O)O[C@@H]1COC(=S)NCCN(C)C. The number of alkyl halides is 3. The number of nitrogens with one attached hydrogen (secondary N) is 2. The summed E-state index contributed by atoms with van der Waals surface area (Å²) < 4.78 is 56.5. The van der Waals surface area contributed by atoms with E-state index in [2.05, 4.69) is 11.2 Å². The minimum absolute atomic E-state index is 0.0137. The van der Waals surface area contributed by atoms with Gasteiger partial charge in [0, 0.05) is 25.7 Å². The van der Waals surface area contributed by atoms with Crippen LogP contribution in [0.1, 0.15) is 18.2 Å². The lowest BCUT2D eigenvalue weighted by Crippen LogP contribution is -2.37. The van der Waals surface area contributed by atoms with Gasteiger partial charge in [-0.25, -0.2) is 4.79 Å². The van der Waals surface area contributed by atoms with E-state index in [-0.39, 0.29) is 24.8 Å². The monoisotopic (exact) mass is 464 g/mol. The Bertz CT molecular complexity index is 924. The molecule has 172 valence electrons. The van der Waals surface area contributed by atoms with Gasteiger partial charge in [0.1, 0.15) is 31.1 Å². The van der Waals surface area contributed by atoms with Crippen LogP contribution in [0, 0.1) is 12.3 Å². The van der Waals surface area contributed by atoms with Crippen LogP contribution in [0.2, 0.25) is 0 Å². The minimum Gasteiger partial charge on any atom is -0.468 e. The molecule has 1 aromatic rings. The molecular formula is C18H23F3N4O5S. The standard InChI is InChI=1S/C18H23F3N4O5S/c1-4-7-28-12-8-14(25-9-11(18(19,20)21)15(26)23-16(25)27)30-13(12)10-29-17(31)22-5-6-24(2)3/h1,9,12-14H,5-8,10H2,2-3H3,(H,22,31)(H,23,26,27)/t12-,13+,14+/m0/s1. The molecule has 2 N–H and O–H groups in total. The van der Waals surface area contributed by atoms with Gasteiger partial charge in [-0.05, 0) is 26.3 Å². The largest absolute Gasteiger partial charge is 0.468 e. The topological polar surface area (TPSA) is 97.8 Å². The molecule has 0 amide bonds. The summed E-state index contributed by atoms with van der Waals surface area (Å²) in [6, 6.07) is 0. The van der Waals surface area contributed by atoms with Crippen molar-refractivity contribution in [3.63, 3.8) is 0 Å². The van der Waals surface area contributed by atoms with E-state index in [1.54, 1.807) is 4.98 Å². The zero-order valence-electron chi connectivity index (χ0n) is 16.9. The molecule has 0 radical (unpaired) electrons. The number of hydrogen-bond donors (Lipinski definition) is 2. The number of likely N-dealkylation sites (N-methyl/N-ethyl adjacent to an activating group) is 1. The van der Waals surface area contributed by atoms with E-state index in [1.165, 1.54) is 0 Å². The van der Waals surface area contributed by atoms with Crippen LogP contribution in [0.5, 0.6) is 0 Å². The summed E-state index contributed by atoms with van der Waals surface area (Å²) >= 11 is 5.08. The van der Waals surface area contributed by atoms with Crippen molar-refractivity contribution >= 4 is 17.4 Å². The van der Waals surface area contributed by atoms with Gasteiger partial charge in [-0.2, -0.15) is 13.2 Å². The number of aromatic nitrogens is 2. The van der Waals surface area contributed by atoms with Crippen molar-refractivity contribution in [2.24, 2.45) is 0 Å². The smallest absolute Gasteiger partial charge is 0.423 e. The summed E-state index contributed by atoms with van der Waals surface area (Å²) in [6.45, 7) is 1.11. The molecule has 0 spiro atoms. The minimum atomic E-state index is -4.94. The van der Waals surface area contributed by atoms with Gasteiger partial charge in [0.25, 0.3) is 10.7 Å². The highest BCUT2D eigenvalue weighted by Crippen LogP contribution is 2.32. The van der Waals surface area contributed by atoms with E-state index in [9.17, 15) is 22.8 Å². The fourth-order valence-corrected chi connectivity index (χ4v) is 3.01. The first kappa shape index (κ1) is 24.9. The van der Waals surface area contributed by atoms with Gasteiger partial charge in [0.15, 0.2) is 0 Å². The molecular weight excluding hydrogens is 441 g/mol. The van der Waals surface area contributed by atoms with E-state index >= 15 is 0 Å². The number of H-pyrrole nitrogens is 1. The fraction of sp³-hybridized carbons (Fsp3) is 0.611. The number of terminal acetylenes is 1. The van der Waals surface area contributed by atoms with Crippen LogP contribution >= 0.6 is 12.2 Å². The van der Waals surface area contributed by atoms with Gasteiger partial charge >= 0.3 is 11.9 Å². The summed E-state index contributed by atoms with van der Waals surface area (Å²) in [6.07, 6.45) is -1.84. The van der Waals surface area contributed by atoms with Gasteiger partial charge in [0.05, 0.1) is 6.10 Å². The van der Waals surface area contributed by atoms with Crippen LogP contribution in [-0.2, 0) is 20.4 Å². The maximum atomic E-state index is 13.1. The number of ether oxygens (including phenoxy) is 3. The molecule has 1 aliphatic rings. The Kier molecular flexibility index (Phi) is 8.63. The highest BCUT2D eigenvalue weighted by Gasteiger charge is 2.40. The third-order valence-electron chi connectivity index (χ3n) is 4.35. The van der Waals surface area contributed by atoms with E-state index in [4.69, 9.17) is 32.9 Å². The van der Waals surface area contributed by atoms with Gasteiger partial charge < -0.3 is 24.4 Å². The van der Waals surface area contributed by atoms with Crippen LogP contribution < -0.4 is 16.6 Å². The number of nitrogens with zero attached hydrogens (tertiary/aromatic N) is 2. The lowest BCUT2D eigenvalue weighted by atomic mass is 10.2. The second-order valence-corrected chi connectivity index (χ2v) is 7.32. The van der Waals surface area contributed by atoms with Crippen molar-refractivity contribution in [3.05, 3.63) is 32.6 Å². The van der Waals surface area contributed by atoms with Crippen LogP contribution in [0.25, 0.3) is 0 Å². The lowest BCUT2D eigenvalue weighted by molar-refractivity contribution is -0.139. The average molecular weight is 464 g/mol. The molecule has 0 saturated carbocycles. The van der Waals surface area contributed by atoms with E-state index in [0.29, 0.717) is 17.3 Å². The Labute approximate surface area is 181 Å². The van der Waals surface area contributed by atoms with Crippen molar-refractivity contribution in [2.45, 2.75) is 31.0 Å². The van der Waals surface area contributed by atoms with Crippen LogP contribution in [-0.4, -0.2) is 72.2 Å². The van der Waals surface area contributed by atoms with Gasteiger partial charge in [-0.3, -0.25) is 14.3 Å². The van der Waals surface area contributed by atoms with Crippen molar-refractivity contribution in [1.29, 1.82) is 0 Å². The molecule has 1 fully saturated rings. The summed E-state index contributed by atoms with van der Waals surface area (Å²) in [5, 5.41) is 3.01. The van der Waals surface area contributed by atoms with Crippen molar-refractivity contribution < 1.29 is 27.4 Å². The molecule has 9 nitrogen and oxygen atoms in total.